The van der Waals surface area contributed by atoms with Crippen molar-refractivity contribution in [3.8, 4) is 11.3 Å². The molecule has 13 heteroatoms. The Labute approximate surface area is 208 Å². The highest BCUT2D eigenvalue weighted by Crippen LogP contribution is 2.36. The quantitative estimate of drug-likeness (QED) is 0.391. The van der Waals surface area contributed by atoms with Crippen molar-refractivity contribution in [2.24, 2.45) is 5.73 Å². The molecule has 7 nitrogen and oxygen atoms in total. The summed E-state index contributed by atoms with van der Waals surface area (Å²) >= 11 is 0. The molecule has 1 aromatic carbocycles. The van der Waals surface area contributed by atoms with Gasteiger partial charge in [-0.3, -0.25) is 4.79 Å². The number of aromatic nitrogens is 3. The molecular weight excluding hydrogens is 502 g/mol. The summed E-state index contributed by atoms with van der Waals surface area (Å²) in [5.41, 5.74) is 6.43. The van der Waals surface area contributed by atoms with E-state index in [0.29, 0.717) is 23.5 Å². The van der Waals surface area contributed by atoms with Gasteiger partial charge in [0.2, 0.25) is 11.7 Å². The topological polar surface area (TPSA) is 80.3 Å². The van der Waals surface area contributed by atoms with Crippen LogP contribution >= 0.6 is 0 Å². The average molecular weight is 526 g/mol. The molecule has 1 aliphatic heterocycles. The molecule has 0 bridgehead atoms. The molecule has 1 atom stereocenters. The second kappa shape index (κ2) is 10.0. The van der Waals surface area contributed by atoms with E-state index in [1.165, 1.54) is 11.1 Å². The zero-order valence-electron chi connectivity index (χ0n) is 20.0. The largest absolute Gasteiger partial charge is 0.449 e. The first-order valence-electron chi connectivity index (χ1n) is 11.3. The Balaban J connectivity index is 1.55. The maximum atomic E-state index is 14.0. The molecule has 3 aromatic rings. The normalized spacial score (nSPS) is 14.5. The van der Waals surface area contributed by atoms with Crippen molar-refractivity contribution in [1.29, 1.82) is 0 Å². The monoisotopic (exact) mass is 526 g/mol. The fraction of sp³-hybridized carbons (Fsp3) is 0.375. The van der Waals surface area contributed by atoms with Gasteiger partial charge in [0.05, 0.1) is 17.9 Å². The maximum absolute atomic E-state index is 14.0. The van der Waals surface area contributed by atoms with Crippen LogP contribution in [-0.4, -0.2) is 52.0 Å². The van der Waals surface area contributed by atoms with E-state index in [0.717, 1.165) is 4.57 Å². The van der Waals surface area contributed by atoms with Crippen LogP contribution in [0.1, 0.15) is 23.5 Å². The fourth-order valence-electron chi connectivity index (χ4n) is 4.25. The summed E-state index contributed by atoms with van der Waals surface area (Å²) in [5, 5.41) is 0. The number of carbonyl (C=O) groups excluding carboxylic acids is 1. The molecule has 0 spiro atoms. The Kier molecular flexibility index (Phi) is 7.18. The molecule has 37 heavy (non-hydrogen) atoms. The molecule has 4 rings (SSSR count). The Morgan fingerprint density at radius 3 is 2.43 bits per heavy atom. The van der Waals surface area contributed by atoms with E-state index in [4.69, 9.17) is 5.73 Å². The lowest BCUT2D eigenvalue weighted by atomic mass is 10.0. The first-order chi connectivity index (χ1) is 17.3. The highest BCUT2D eigenvalue weighted by molar-refractivity contribution is 5.77. The van der Waals surface area contributed by atoms with Gasteiger partial charge in [0.1, 0.15) is 11.6 Å². The third-order valence-corrected chi connectivity index (χ3v) is 6.10. The van der Waals surface area contributed by atoms with E-state index in [9.17, 15) is 31.1 Å². The molecule has 2 aromatic heterocycles. The van der Waals surface area contributed by atoms with E-state index in [2.05, 4.69) is 9.97 Å². The maximum Gasteiger partial charge on any atom is 0.449 e. The van der Waals surface area contributed by atoms with Crippen LogP contribution in [0.5, 0.6) is 0 Å². The molecule has 0 saturated heterocycles. The molecule has 1 aliphatic rings. The van der Waals surface area contributed by atoms with Crippen molar-refractivity contribution in [1.82, 2.24) is 19.4 Å². The minimum atomic E-state index is -4.70. The number of fused-ring (bicyclic) bond motifs is 1. The Hall–Kier alpha value is -3.61. The number of nitrogens with zero attached hydrogens (tertiary/aromatic N) is 5. The third kappa shape index (κ3) is 5.55. The minimum Gasteiger partial charge on any atom is -0.363 e. The van der Waals surface area contributed by atoms with Gasteiger partial charge in [-0.15, -0.1) is 0 Å². The molecule has 2 N–H and O–H groups in total. The Morgan fingerprint density at radius 1 is 1.11 bits per heavy atom. The molecule has 1 unspecified atom stereocenters. The summed E-state index contributed by atoms with van der Waals surface area (Å²) in [6, 6.07) is 3.43. The summed E-state index contributed by atoms with van der Waals surface area (Å²) in [7, 11) is 3.55. The number of rotatable bonds is 6. The van der Waals surface area contributed by atoms with Crippen molar-refractivity contribution < 1.29 is 31.1 Å². The number of amides is 1. The number of anilines is 1. The van der Waals surface area contributed by atoms with Crippen LogP contribution < -0.4 is 10.6 Å². The van der Waals surface area contributed by atoms with Gasteiger partial charge in [0, 0.05) is 57.5 Å². The van der Waals surface area contributed by atoms with Crippen molar-refractivity contribution in [3.63, 3.8) is 0 Å². The smallest absolute Gasteiger partial charge is 0.363 e. The molecule has 1 amide bonds. The Morgan fingerprint density at radius 2 is 1.81 bits per heavy atom. The first-order valence-corrected chi connectivity index (χ1v) is 11.3. The van der Waals surface area contributed by atoms with Gasteiger partial charge in [-0.25, -0.2) is 23.1 Å². The highest BCUT2D eigenvalue weighted by atomic mass is 19.4. The van der Waals surface area contributed by atoms with Gasteiger partial charge in [-0.2, -0.15) is 13.2 Å². The highest BCUT2D eigenvalue weighted by Gasteiger charge is 2.41. The zero-order valence-corrected chi connectivity index (χ0v) is 20.0. The molecule has 0 saturated carbocycles. The number of benzene rings is 1. The summed E-state index contributed by atoms with van der Waals surface area (Å²) in [6.45, 7) is -0.313. The van der Waals surface area contributed by atoms with Gasteiger partial charge in [-0.1, -0.05) is 0 Å². The molecule has 0 radical (unpaired) electrons. The average Bonchev–Trinajstić information content (AvgIpc) is 3.22. The Bertz CT molecular complexity index is 1300. The molecular formula is C24H24F6N6O. The van der Waals surface area contributed by atoms with Crippen LogP contribution in [0.15, 0.2) is 30.5 Å². The number of halogens is 6. The first kappa shape index (κ1) is 26.5. The minimum absolute atomic E-state index is 0.0191. The van der Waals surface area contributed by atoms with Crippen LogP contribution in [0.2, 0.25) is 0 Å². The number of carbonyl (C=O) groups is 1. The number of pyridine rings is 1. The van der Waals surface area contributed by atoms with Gasteiger partial charge in [-0.05, 0) is 30.2 Å². The van der Waals surface area contributed by atoms with Crippen LogP contribution in [0, 0.1) is 17.5 Å². The van der Waals surface area contributed by atoms with Crippen LogP contribution in [0.3, 0.4) is 0 Å². The van der Waals surface area contributed by atoms with E-state index in [-0.39, 0.29) is 49.4 Å². The molecule has 3 heterocycles. The predicted octanol–water partition coefficient (Wildman–Crippen LogP) is 3.75. The summed E-state index contributed by atoms with van der Waals surface area (Å²) in [4.78, 5) is 24.1. The van der Waals surface area contributed by atoms with E-state index >= 15 is 0 Å². The number of hydrogen-bond acceptors (Lipinski definition) is 5. The molecule has 198 valence electrons. The van der Waals surface area contributed by atoms with Gasteiger partial charge >= 0.3 is 6.18 Å². The standard InChI is InChI=1S/C24H24F6N6O/c1-34(2)20-4-3-13(11-32-20)22-19-12-35(5-6-36(19)23(33-22)24(28,29)30)21(37)9-15(31)7-14-8-17(26)18(27)10-16(14)25/h3-4,8,10-11,15H,5-7,9,12,31H2,1-2H3. The summed E-state index contributed by atoms with van der Waals surface area (Å²) < 4.78 is 82.8. The molecule has 0 fully saturated rings. The van der Waals surface area contributed by atoms with Gasteiger partial charge in [0.15, 0.2) is 11.6 Å². The summed E-state index contributed by atoms with van der Waals surface area (Å²) in [6.07, 6.45) is -3.78. The van der Waals surface area contributed by atoms with Crippen molar-refractivity contribution in [2.75, 3.05) is 25.5 Å². The van der Waals surface area contributed by atoms with Crippen molar-refractivity contribution in [2.45, 2.75) is 38.1 Å². The van der Waals surface area contributed by atoms with Gasteiger partial charge < -0.3 is 20.1 Å². The number of nitrogens with two attached hydrogens (primary N) is 1. The third-order valence-electron chi connectivity index (χ3n) is 6.10. The van der Waals surface area contributed by atoms with E-state index in [1.807, 2.05) is 0 Å². The lowest BCUT2D eigenvalue weighted by molar-refractivity contribution is -0.148. The van der Waals surface area contributed by atoms with Crippen LogP contribution in [-0.2, 0) is 30.5 Å². The zero-order chi connectivity index (χ0) is 27.1. The van der Waals surface area contributed by atoms with E-state index < -0.39 is 41.4 Å². The fourth-order valence-corrected chi connectivity index (χ4v) is 4.25. The SMILES string of the molecule is CN(C)c1ccc(-c2nc(C(F)(F)F)n3c2CN(C(=O)CC(N)Cc2cc(F)c(F)cc2F)CC3)cn1. The summed E-state index contributed by atoms with van der Waals surface area (Å²) in [5.74, 6) is -4.48. The lowest BCUT2D eigenvalue weighted by Crippen LogP contribution is -2.42. The molecule has 0 aliphatic carbocycles. The van der Waals surface area contributed by atoms with Crippen molar-refractivity contribution >= 4 is 11.7 Å². The number of imidazole rings is 1. The van der Waals surface area contributed by atoms with Crippen LogP contribution in [0.25, 0.3) is 11.3 Å². The predicted molar refractivity (Wildman–Crippen MR) is 123 cm³/mol. The van der Waals surface area contributed by atoms with Gasteiger partial charge in [0.25, 0.3) is 0 Å². The lowest BCUT2D eigenvalue weighted by Gasteiger charge is -2.30. The number of alkyl halides is 3. The van der Waals surface area contributed by atoms with E-state index in [1.54, 1.807) is 31.1 Å². The second-order valence-corrected chi connectivity index (χ2v) is 9.02. The number of hydrogen-bond donors (Lipinski definition) is 1. The van der Waals surface area contributed by atoms with Crippen LogP contribution in [0.4, 0.5) is 32.2 Å². The second-order valence-electron chi connectivity index (χ2n) is 9.02. The van der Waals surface area contributed by atoms with Crippen molar-refractivity contribution in [3.05, 3.63) is 65.0 Å².